The summed E-state index contributed by atoms with van der Waals surface area (Å²) in [6, 6.07) is 16.7. The Hall–Kier alpha value is -1.64. The van der Waals surface area contributed by atoms with Crippen molar-refractivity contribution < 1.29 is 5.11 Å². The summed E-state index contributed by atoms with van der Waals surface area (Å²) in [6.07, 6.45) is 1.91. The maximum absolute atomic E-state index is 10.5. The Bertz CT molecular complexity index is 587. The molecule has 0 spiro atoms. The van der Waals surface area contributed by atoms with E-state index in [1.165, 1.54) is 29.5 Å². The zero-order valence-electron chi connectivity index (χ0n) is 11.9. The van der Waals surface area contributed by atoms with Gasteiger partial charge in [-0.15, -0.1) is 0 Å². The van der Waals surface area contributed by atoms with Crippen LogP contribution < -0.4 is 0 Å². The molecule has 2 aromatic rings. The Kier molecular flexibility index (Phi) is 3.86. The largest absolute Gasteiger partial charge is 0.374 e. The zero-order valence-corrected chi connectivity index (χ0v) is 11.9. The van der Waals surface area contributed by atoms with Gasteiger partial charge in [0.15, 0.2) is 0 Å². The van der Waals surface area contributed by atoms with Gasteiger partial charge >= 0.3 is 0 Å². The number of rotatable bonds is 3. The second kappa shape index (κ2) is 5.78. The number of benzene rings is 2. The summed E-state index contributed by atoms with van der Waals surface area (Å²) in [5.41, 5.74) is 4.68. The van der Waals surface area contributed by atoms with Crippen molar-refractivity contribution in [2.45, 2.75) is 26.0 Å². The summed E-state index contributed by atoms with van der Waals surface area (Å²) in [5, 5.41) is 10.5. The highest BCUT2D eigenvalue weighted by Crippen LogP contribution is 2.28. The molecule has 2 heteroatoms. The lowest BCUT2D eigenvalue weighted by atomic mass is 9.98. The average molecular weight is 267 g/mol. The van der Waals surface area contributed by atoms with Crippen molar-refractivity contribution in [2.24, 2.45) is 0 Å². The second-order valence-electron chi connectivity index (χ2n) is 5.56. The Balaban J connectivity index is 1.91. The highest BCUT2D eigenvalue weighted by atomic mass is 16.3. The molecule has 0 aromatic heterocycles. The third-order valence-electron chi connectivity index (χ3n) is 4.13. The number of aliphatic hydroxyl groups excluding tert-OH is 1. The summed E-state index contributed by atoms with van der Waals surface area (Å²) in [5.74, 6) is 0. The maximum atomic E-state index is 10.5. The molecule has 0 saturated carbocycles. The van der Waals surface area contributed by atoms with E-state index in [4.69, 9.17) is 0 Å². The first-order valence-corrected chi connectivity index (χ1v) is 7.34. The molecule has 0 aliphatic carbocycles. The predicted molar refractivity (Wildman–Crippen MR) is 82.4 cm³/mol. The van der Waals surface area contributed by atoms with Gasteiger partial charge in [0.05, 0.1) is 0 Å². The van der Waals surface area contributed by atoms with Gasteiger partial charge in [-0.2, -0.15) is 0 Å². The molecule has 0 bridgehead atoms. The summed E-state index contributed by atoms with van der Waals surface area (Å²) in [7, 11) is 0. The molecule has 3 rings (SSSR count). The van der Waals surface area contributed by atoms with Crippen molar-refractivity contribution in [3.05, 3.63) is 59.7 Å². The minimum atomic E-state index is -0.471. The van der Waals surface area contributed by atoms with Gasteiger partial charge in [-0.25, -0.2) is 0 Å². The third-order valence-corrected chi connectivity index (χ3v) is 4.13. The summed E-state index contributed by atoms with van der Waals surface area (Å²) < 4.78 is 0. The quantitative estimate of drug-likeness (QED) is 0.915. The molecule has 1 atom stereocenters. The fraction of sp³-hybridized carbons (Fsp3) is 0.333. The number of aryl methyl sites for hydroxylation is 1. The number of likely N-dealkylation sites (tertiary alicyclic amines) is 1. The van der Waals surface area contributed by atoms with Gasteiger partial charge in [-0.3, -0.25) is 4.90 Å². The molecule has 0 radical (unpaired) electrons. The van der Waals surface area contributed by atoms with Crippen LogP contribution in [0.2, 0.25) is 0 Å². The van der Waals surface area contributed by atoms with Crippen molar-refractivity contribution in [1.82, 2.24) is 4.90 Å². The molecule has 1 saturated heterocycles. The van der Waals surface area contributed by atoms with E-state index in [1.54, 1.807) is 0 Å². The molecular weight excluding hydrogens is 246 g/mol. The highest BCUT2D eigenvalue weighted by molar-refractivity contribution is 5.67. The Morgan fingerprint density at radius 3 is 2.50 bits per heavy atom. The summed E-state index contributed by atoms with van der Waals surface area (Å²) >= 11 is 0. The van der Waals surface area contributed by atoms with Crippen LogP contribution in [0.3, 0.4) is 0 Å². The molecule has 0 amide bonds. The predicted octanol–water partition coefficient (Wildman–Crippen LogP) is 3.75. The van der Waals surface area contributed by atoms with Gasteiger partial charge < -0.3 is 5.11 Å². The van der Waals surface area contributed by atoms with E-state index in [-0.39, 0.29) is 0 Å². The van der Waals surface area contributed by atoms with E-state index in [0.29, 0.717) is 0 Å². The Morgan fingerprint density at radius 2 is 1.75 bits per heavy atom. The van der Waals surface area contributed by atoms with Crippen molar-refractivity contribution in [3.63, 3.8) is 0 Å². The lowest BCUT2D eigenvalue weighted by molar-refractivity contribution is 0.0191. The zero-order chi connectivity index (χ0) is 13.9. The highest BCUT2D eigenvalue weighted by Gasteiger charge is 2.21. The Morgan fingerprint density at radius 1 is 1.00 bits per heavy atom. The van der Waals surface area contributed by atoms with E-state index >= 15 is 0 Å². The molecule has 2 nitrogen and oxygen atoms in total. The Labute approximate surface area is 120 Å². The van der Waals surface area contributed by atoms with E-state index in [0.717, 1.165) is 18.7 Å². The van der Waals surface area contributed by atoms with Crippen molar-refractivity contribution in [3.8, 4) is 11.1 Å². The van der Waals surface area contributed by atoms with Crippen LogP contribution >= 0.6 is 0 Å². The van der Waals surface area contributed by atoms with Crippen LogP contribution in [0.5, 0.6) is 0 Å². The van der Waals surface area contributed by atoms with E-state index in [1.807, 2.05) is 12.1 Å². The molecule has 1 aliphatic heterocycles. The molecule has 20 heavy (non-hydrogen) atoms. The third kappa shape index (κ3) is 2.62. The van der Waals surface area contributed by atoms with Crippen LogP contribution in [0.4, 0.5) is 0 Å². The number of nitrogens with zero attached hydrogens (tertiary/aromatic N) is 1. The standard InChI is InChI=1S/C18H21NO/c1-14-7-2-3-10-17(14)15-8-6-9-16(13-15)18(20)19-11-4-5-12-19/h2-3,6-10,13,18,20H,4-5,11-12H2,1H3. The molecule has 1 unspecified atom stereocenters. The summed E-state index contributed by atoms with van der Waals surface area (Å²) in [4.78, 5) is 2.15. The lowest BCUT2D eigenvalue weighted by Gasteiger charge is -2.23. The topological polar surface area (TPSA) is 23.5 Å². The minimum Gasteiger partial charge on any atom is -0.374 e. The first-order chi connectivity index (χ1) is 9.75. The van der Waals surface area contributed by atoms with Crippen LogP contribution in [0.1, 0.15) is 30.2 Å². The van der Waals surface area contributed by atoms with Crippen molar-refractivity contribution >= 4 is 0 Å². The monoisotopic (exact) mass is 267 g/mol. The molecule has 1 fully saturated rings. The fourth-order valence-electron chi connectivity index (χ4n) is 2.96. The first-order valence-electron chi connectivity index (χ1n) is 7.34. The van der Waals surface area contributed by atoms with Crippen LogP contribution in [-0.4, -0.2) is 23.1 Å². The van der Waals surface area contributed by atoms with Crippen LogP contribution in [0.15, 0.2) is 48.5 Å². The minimum absolute atomic E-state index is 0.471. The van der Waals surface area contributed by atoms with Gasteiger partial charge in [0.1, 0.15) is 6.23 Å². The van der Waals surface area contributed by atoms with Crippen molar-refractivity contribution in [2.75, 3.05) is 13.1 Å². The molecule has 1 aliphatic rings. The number of hydrogen-bond donors (Lipinski definition) is 1. The molecular formula is C18H21NO. The smallest absolute Gasteiger partial charge is 0.133 e. The van der Waals surface area contributed by atoms with Gasteiger partial charge in [0, 0.05) is 13.1 Å². The van der Waals surface area contributed by atoms with Crippen LogP contribution in [0.25, 0.3) is 11.1 Å². The van der Waals surface area contributed by atoms with Crippen molar-refractivity contribution in [1.29, 1.82) is 0 Å². The molecule has 104 valence electrons. The van der Waals surface area contributed by atoms with Crippen LogP contribution in [0, 0.1) is 6.92 Å². The van der Waals surface area contributed by atoms with Gasteiger partial charge in [0.25, 0.3) is 0 Å². The average Bonchev–Trinajstić information content (AvgIpc) is 3.01. The normalized spacial score (nSPS) is 17.3. The maximum Gasteiger partial charge on any atom is 0.133 e. The SMILES string of the molecule is Cc1ccccc1-c1cccc(C(O)N2CCCC2)c1. The lowest BCUT2D eigenvalue weighted by Crippen LogP contribution is -2.25. The van der Waals surface area contributed by atoms with Gasteiger partial charge in [0.2, 0.25) is 0 Å². The second-order valence-corrected chi connectivity index (χ2v) is 5.56. The van der Waals surface area contributed by atoms with Crippen LogP contribution in [-0.2, 0) is 0 Å². The number of aliphatic hydroxyl groups is 1. The molecule has 1 heterocycles. The van der Waals surface area contributed by atoms with Gasteiger partial charge in [-0.05, 0) is 48.1 Å². The van der Waals surface area contributed by atoms with E-state index in [9.17, 15) is 5.11 Å². The number of hydrogen-bond acceptors (Lipinski definition) is 2. The van der Waals surface area contributed by atoms with Gasteiger partial charge in [-0.1, -0.05) is 42.5 Å². The van der Waals surface area contributed by atoms with E-state index in [2.05, 4.69) is 48.2 Å². The molecule has 1 N–H and O–H groups in total. The molecule has 2 aromatic carbocycles. The van der Waals surface area contributed by atoms with E-state index < -0.39 is 6.23 Å². The summed E-state index contributed by atoms with van der Waals surface area (Å²) in [6.45, 7) is 4.12. The fourth-order valence-corrected chi connectivity index (χ4v) is 2.96. The first kappa shape index (κ1) is 13.3.